The van der Waals surface area contributed by atoms with Crippen molar-refractivity contribution in [1.82, 2.24) is 0 Å². The van der Waals surface area contributed by atoms with Gasteiger partial charge in [0.15, 0.2) is 0 Å². The van der Waals surface area contributed by atoms with E-state index in [0.717, 1.165) is 12.8 Å². The zero-order valence-corrected chi connectivity index (χ0v) is 6.88. The van der Waals surface area contributed by atoms with Gasteiger partial charge in [-0.15, -0.1) is 0 Å². The van der Waals surface area contributed by atoms with Crippen LogP contribution in [0.25, 0.3) is 0 Å². The molecule has 0 spiro atoms. The molecule has 50 valence electrons. The SMILES string of the molecule is CCCC(I)C(=O)O.[NaH]. The predicted octanol–water partition coefficient (Wildman–Crippen LogP) is 1.03. The van der Waals surface area contributed by atoms with Crippen LogP contribution in [0, 0.1) is 0 Å². The Kier molecular flexibility index (Phi) is 10.4. The van der Waals surface area contributed by atoms with Gasteiger partial charge >= 0.3 is 35.5 Å². The number of hydrogen-bond acceptors (Lipinski definition) is 1. The number of carbonyl (C=O) groups is 1. The molecule has 2 nitrogen and oxygen atoms in total. The van der Waals surface area contributed by atoms with E-state index in [4.69, 9.17) is 5.11 Å². The quantitative estimate of drug-likeness (QED) is 0.462. The van der Waals surface area contributed by atoms with Gasteiger partial charge in [0.25, 0.3) is 0 Å². The van der Waals surface area contributed by atoms with Gasteiger partial charge in [-0.25, -0.2) is 0 Å². The molecule has 0 aliphatic heterocycles. The van der Waals surface area contributed by atoms with Gasteiger partial charge in [-0.05, 0) is 6.42 Å². The summed E-state index contributed by atoms with van der Waals surface area (Å²) < 4.78 is -0.197. The van der Waals surface area contributed by atoms with Crippen molar-refractivity contribution in [3.05, 3.63) is 0 Å². The molecule has 0 aliphatic rings. The second-order valence-electron chi connectivity index (χ2n) is 1.59. The molecule has 0 aromatic heterocycles. The number of alkyl halides is 1. The molecule has 0 aromatic carbocycles. The van der Waals surface area contributed by atoms with Crippen molar-refractivity contribution in [3.8, 4) is 0 Å². The van der Waals surface area contributed by atoms with Gasteiger partial charge in [-0.2, -0.15) is 0 Å². The minimum absolute atomic E-state index is 0. The summed E-state index contributed by atoms with van der Waals surface area (Å²) in [6.07, 6.45) is 1.72. The van der Waals surface area contributed by atoms with E-state index >= 15 is 0 Å². The van der Waals surface area contributed by atoms with Crippen molar-refractivity contribution in [3.63, 3.8) is 0 Å². The summed E-state index contributed by atoms with van der Waals surface area (Å²) in [5.74, 6) is -0.701. The summed E-state index contributed by atoms with van der Waals surface area (Å²) in [4.78, 5) is 10.1. The van der Waals surface area contributed by atoms with E-state index in [-0.39, 0.29) is 33.5 Å². The molecule has 0 bridgehead atoms. The topological polar surface area (TPSA) is 37.3 Å². The van der Waals surface area contributed by atoms with Crippen molar-refractivity contribution in [1.29, 1.82) is 0 Å². The maximum absolute atomic E-state index is 10.1. The Bertz CT molecular complexity index is 87.0. The maximum atomic E-state index is 10.1. The Balaban J connectivity index is 0. The van der Waals surface area contributed by atoms with Crippen LogP contribution in [0.15, 0.2) is 0 Å². The fourth-order valence-electron chi connectivity index (χ4n) is 0.377. The summed E-state index contributed by atoms with van der Waals surface area (Å²) in [5.41, 5.74) is 0. The standard InChI is InChI=1S/C5H9IO2.Na.H/c1-2-3-4(6)5(7)8;;/h4H,2-3H2,1H3,(H,7,8);;. The predicted molar refractivity (Wildman–Crippen MR) is 47.5 cm³/mol. The van der Waals surface area contributed by atoms with E-state index in [1.165, 1.54) is 0 Å². The molecule has 0 radical (unpaired) electrons. The van der Waals surface area contributed by atoms with E-state index < -0.39 is 5.97 Å². The van der Waals surface area contributed by atoms with E-state index in [1.807, 2.05) is 29.5 Å². The van der Waals surface area contributed by atoms with Crippen LogP contribution in [0.5, 0.6) is 0 Å². The van der Waals surface area contributed by atoms with Gasteiger partial charge < -0.3 is 5.11 Å². The van der Waals surface area contributed by atoms with E-state index in [9.17, 15) is 4.79 Å². The van der Waals surface area contributed by atoms with Crippen molar-refractivity contribution in [2.75, 3.05) is 0 Å². The summed E-state index contributed by atoms with van der Waals surface area (Å²) in [7, 11) is 0. The van der Waals surface area contributed by atoms with Crippen LogP contribution in [-0.4, -0.2) is 44.6 Å². The first-order valence-electron chi connectivity index (χ1n) is 2.55. The molecular weight excluding hydrogens is 242 g/mol. The molecular formula is C5H10INaO2. The minimum atomic E-state index is -0.701. The second kappa shape index (κ2) is 7.31. The molecule has 0 saturated carbocycles. The van der Waals surface area contributed by atoms with Crippen molar-refractivity contribution in [2.45, 2.75) is 23.7 Å². The first-order valence-corrected chi connectivity index (χ1v) is 3.80. The normalized spacial score (nSPS) is 11.8. The van der Waals surface area contributed by atoms with Crippen molar-refractivity contribution >= 4 is 58.1 Å². The Morgan fingerprint density at radius 3 is 2.33 bits per heavy atom. The molecule has 1 N–H and O–H groups in total. The van der Waals surface area contributed by atoms with Gasteiger partial charge in [0, 0.05) is 0 Å². The van der Waals surface area contributed by atoms with Gasteiger partial charge in [0.1, 0.15) is 3.92 Å². The molecule has 0 amide bonds. The average Bonchev–Trinajstić information content (AvgIpc) is 1.67. The van der Waals surface area contributed by atoms with E-state index in [2.05, 4.69) is 0 Å². The number of rotatable bonds is 3. The number of hydrogen-bond donors (Lipinski definition) is 1. The zero-order valence-electron chi connectivity index (χ0n) is 4.72. The summed E-state index contributed by atoms with van der Waals surface area (Å²) in [6.45, 7) is 1.98. The average molecular weight is 252 g/mol. The molecule has 0 aliphatic carbocycles. The third-order valence-electron chi connectivity index (χ3n) is 0.810. The van der Waals surface area contributed by atoms with Gasteiger partial charge in [0.2, 0.25) is 0 Å². The number of carboxylic acid groups (broad SMARTS) is 1. The monoisotopic (exact) mass is 252 g/mol. The van der Waals surface area contributed by atoms with E-state index in [1.54, 1.807) is 0 Å². The van der Waals surface area contributed by atoms with Gasteiger partial charge in [-0.3, -0.25) is 4.79 Å². The number of halogens is 1. The van der Waals surface area contributed by atoms with Crippen LogP contribution in [0.2, 0.25) is 0 Å². The summed E-state index contributed by atoms with van der Waals surface area (Å²) in [5, 5.41) is 8.31. The first-order chi connectivity index (χ1) is 3.68. The molecule has 0 heterocycles. The van der Waals surface area contributed by atoms with Crippen LogP contribution in [0.1, 0.15) is 19.8 Å². The third-order valence-corrected chi connectivity index (χ3v) is 1.97. The fourth-order valence-corrected chi connectivity index (χ4v) is 1.000. The van der Waals surface area contributed by atoms with Crippen LogP contribution in [-0.2, 0) is 4.79 Å². The first kappa shape index (κ1) is 12.8. The molecule has 9 heavy (non-hydrogen) atoms. The van der Waals surface area contributed by atoms with Crippen molar-refractivity contribution < 1.29 is 9.90 Å². The molecule has 0 aromatic rings. The van der Waals surface area contributed by atoms with Gasteiger partial charge in [-0.1, -0.05) is 35.9 Å². The van der Waals surface area contributed by atoms with Crippen LogP contribution in [0.3, 0.4) is 0 Å². The van der Waals surface area contributed by atoms with Gasteiger partial charge in [0.05, 0.1) is 0 Å². The van der Waals surface area contributed by atoms with Crippen LogP contribution >= 0.6 is 22.6 Å². The molecule has 0 fully saturated rings. The molecule has 1 atom stereocenters. The summed E-state index contributed by atoms with van der Waals surface area (Å²) in [6, 6.07) is 0. The number of carboxylic acids is 1. The zero-order chi connectivity index (χ0) is 6.57. The molecule has 1 unspecified atom stereocenters. The Morgan fingerprint density at radius 2 is 2.22 bits per heavy atom. The Hall–Kier alpha value is 1.20. The Morgan fingerprint density at radius 1 is 1.78 bits per heavy atom. The third kappa shape index (κ3) is 7.09. The number of aliphatic carboxylic acids is 1. The van der Waals surface area contributed by atoms with Crippen LogP contribution < -0.4 is 0 Å². The van der Waals surface area contributed by atoms with Crippen LogP contribution in [0.4, 0.5) is 0 Å². The Labute approximate surface area is 90.8 Å². The molecule has 0 saturated heterocycles. The van der Waals surface area contributed by atoms with E-state index in [0.29, 0.717) is 0 Å². The van der Waals surface area contributed by atoms with Crippen molar-refractivity contribution in [2.24, 2.45) is 0 Å². The summed E-state index contributed by atoms with van der Waals surface area (Å²) >= 11 is 1.93. The molecule has 0 rings (SSSR count). The molecule has 4 heteroatoms. The second-order valence-corrected chi connectivity index (χ2v) is 3.10. The fraction of sp³-hybridized carbons (Fsp3) is 0.800.